The number of hydrogen-bond donors (Lipinski definition) is 0. The molecule has 0 radical (unpaired) electrons. The number of rotatable bonds is 5. The van der Waals surface area contributed by atoms with Gasteiger partial charge in [0.25, 0.3) is 0 Å². The Bertz CT molecular complexity index is 636. The molecule has 2 heteroatoms. The second-order valence-electron chi connectivity index (χ2n) is 5.54. The Morgan fingerprint density at radius 1 is 0.810 bits per heavy atom. The van der Waals surface area contributed by atoms with E-state index in [9.17, 15) is 9.59 Å². The summed E-state index contributed by atoms with van der Waals surface area (Å²) in [5, 5.41) is 0. The normalized spacial score (nSPS) is 12.0. The molecule has 0 spiro atoms. The summed E-state index contributed by atoms with van der Waals surface area (Å²) in [5.74, 6) is 0.553. The van der Waals surface area contributed by atoms with Gasteiger partial charge in [0.05, 0.1) is 0 Å². The van der Waals surface area contributed by atoms with E-state index in [4.69, 9.17) is 0 Å². The van der Waals surface area contributed by atoms with Gasteiger partial charge >= 0.3 is 0 Å². The second kappa shape index (κ2) is 6.49. The Hall–Kier alpha value is -2.22. The van der Waals surface area contributed by atoms with Crippen LogP contribution in [0.15, 0.2) is 48.5 Å². The lowest BCUT2D eigenvalue weighted by Crippen LogP contribution is -2.00. The third-order valence-electron chi connectivity index (χ3n) is 3.79. The zero-order valence-corrected chi connectivity index (χ0v) is 12.7. The first kappa shape index (κ1) is 15.2. The Balaban J connectivity index is 2.08. The molecule has 108 valence electrons. The molecule has 0 aliphatic heterocycles. The van der Waals surface area contributed by atoms with Crippen LogP contribution in [0.1, 0.15) is 58.5 Å². The summed E-state index contributed by atoms with van der Waals surface area (Å²) in [7, 11) is 0. The Morgan fingerprint density at radius 2 is 1.24 bits per heavy atom. The fourth-order valence-electron chi connectivity index (χ4n) is 2.39. The number of benzene rings is 2. The van der Waals surface area contributed by atoms with Gasteiger partial charge in [0.2, 0.25) is 0 Å². The van der Waals surface area contributed by atoms with E-state index in [0.717, 1.165) is 17.5 Å². The van der Waals surface area contributed by atoms with Crippen molar-refractivity contribution in [3.63, 3.8) is 0 Å². The highest BCUT2D eigenvalue weighted by Crippen LogP contribution is 2.21. The summed E-state index contributed by atoms with van der Waals surface area (Å²) < 4.78 is 0. The van der Waals surface area contributed by atoms with E-state index < -0.39 is 0 Å². The monoisotopic (exact) mass is 280 g/mol. The molecule has 0 amide bonds. The van der Waals surface area contributed by atoms with Gasteiger partial charge in [0.15, 0.2) is 11.6 Å². The molecule has 0 heterocycles. The van der Waals surface area contributed by atoms with Crippen LogP contribution in [0.2, 0.25) is 0 Å². The van der Waals surface area contributed by atoms with Crippen molar-refractivity contribution in [2.45, 2.75) is 33.1 Å². The Kier molecular flexibility index (Phi) is 4.69. The maximum absolute atomic E-state index is 11.3. The molecule has 0 fully saturated rings. The van der Waals surface area contributed by atoms with Gasteiger partial charge in [0, 0.05) is 11.1 Å². The van der Waals surface area contributed by atoms with Crippen molar-refractivity contribution in [2.75, 3.05) is 0 Å². The van der Waals surface area contributed by atoms with E-state index >= 15 is 0 Å². The number of ketones is 2. The van der Waals surface area contributed by atoms with E-state index in [1.54, 1.807) is 13.8 Å². The lowest BCUT2D eigenvalue weighted by atomic mass is 9.92. The topological polar surface area (TPSA) is 34.1 Å². The molecule has 0 unspecified atom stereocenters. The molecule has 2 rings (SSSR count). The van der Waals surface area contributed by atoms with Crippen molar-refractivity contribution in [1.82, 2.24) is 0 Å². The molecule has 0 saturated heterocycles. The van der Waals surface area contributed by atoms with Crippen LogP contribution >= 0.6 is 0 Å². The molecule has 1 atom stereocenters. The zero-order chi connectivity index (χ0) is 15.4. The molecule has 2 aromatic rings. The molecule has 0 saturated carbocycles. The largest absolute Gasteiger partial charge is 0.295 e. The van der Waals surface area contributed by atoms with Gasteiger partial charge in [-0.2, -0.15) is 0 Å². The van der Waals surface area contributed by atoms with Gasteiger partial charge in [-0.05, 0) is 37.3 Å². The average Bonchev–Trinajstić information content (AvgIpc) is 2.47. The van der Waals surface area contributed by atoms with Crippen LogP contribution < -0.4 is 0 Å². The summed E-state index contributed by atoms with van der Waals surface area (Å²) in [6, 6.07) is 15.6. The van der Waals surface area contributed by atoms with Crippen LogP contribution in [0.25, 0.3) is 0 Å². The summed E-state index contributed by atoms with van der Waals surface area (Å²) in [6.45, 7) is 5.32. The summed E-state index contributed by atoms with van der Waals surface area (Å²) in [4.78, 5) is 22.5. The maximum Gasteiger partial charge on any atom is 0.159 e. The van der Waals surface area contributed by atoms with Crippen molar-refractivity contribution >= 4 is 11.6 Å². The van der Waals surface area contributed by atoms with Crippen LogP contribution in [0.4, 0.5) is 0 Å². The zero-order valence-electron chi connectivity index (χ0n) is 12.7. The Labute approximate surface area is 125 Å². The second-order valence-corrected chi connectivity index (χ2v) is 5.54. The van der Waals surface area contributed by atoms with E-state index in [-0.39, 0.29) is 11.6 Å². The smallest absolute Gasteiger partial charge is 0.159 e. The fraction of sp³-hybridized carbons (Fsp3) is 0.263. The summed E-state index contributed by atoms with van der Waals surface area (Å²) in [6.07, 6.45) is 0.914. The van der Waals surface area contributed by atoms with Crippen molar-refractivity contribution in [1.29, 1.82) is 0 Å². The SMILES string of the molecule is CC(=O)c1ccc(C[C@H](C)c2ccc(C(C)=O)cc2)cc1. The van der Waals surface area contributed by atoms with Crippen LogP contribution in [-0.4, -0.2) is 11.6 Å². The van der Waals surface area contributed by atoms with Crippen molar-refractivity contribution in [3.05, 3.63) is 70.8 Å². The fourth-order valence-corrected chi connectivity index (χ4v) is 2.39. The molecule has 0 aromatic heterocycles. The highest BCUT2D eigenvalue weighted by Gasteiger charge is 2.08. The third kappa shape index (κ3) is 3.88. The first-order valence-electron chi connectivity index (χ1n) is 7.18. The highest BCUT2D eigenvalue weighted by molar-refractivity contribution is 5.94. The van der Waals surface area contributed by atoms with Gasteiger partial charge in [0.1, 0.15) is 0 Å². The molecule has 0 bridgehead atoms. The first-order valence-corrected chi connectivity index (χ1v) is 7.18. The van der Waals surface area contributed by atoms with Crippen molar-refractivity contribution in [2.24, 2.45) is 0 Å². The van der Waals surface area contributed by atoms with E-state index in [2.05, 4.69) is 6.92 Å². The predicted molar refractivity (Wildman–Crippen MR) is 85.0 cm³/mol. The predicted octanol–water partition coefficient (Wildman–Crippen LogP) is 4.44. The number of hydrogen-bond acceptors (Lipinski definition) is 2. The molecular weight excluding hydrogens is 260 g/mol. The van der Waals surface area contributed by atoms with Crippen LogP contribution in [0.3, 0.4) is 0 Å². The number of carbonyl (C=O) groups excluding carboxylic acids is 2. The molecule has 21 heavy (non-hydrogen) atoms. The number of carbonyl (C=O) groups is 2. The lowest BCUT2D eigenvalue weighted by molar-refractivity contribution is 0.100. The lowest BCUT2D eigenvalue weighted by Gasteiger charge is -2.12. The van der Waals surface area contributed by atoms with Gasteiger partial charge in [-0.25, -0.2) is 0 Å². The van der Waals surface area contributed by atoms with Gasteiger partial charge in [-0.1, -0.05) is 55.5 Å². The van der Waals surface area contributed by atoms with E-state index in [1.807, 2.05) is 48.5 Å². The van der Waals surface area contributed by atoms with Crippen molar-refractivity contribution < 1.29 is 9.59 Å². The average molecular weight is 280 g/mol. The minimum absolute atomic E-state index is 0.0917. The minimum Gasteiger partial charge on any atom is -0.295 e. The summed E-state index contributed by atoms with van der Waals surface area (Å²) >= 11 is 0. The third-order valence-corrected chi connectivity index (χ3v) is 3.79. The van der Waals surface area contributed by atoms with Gasteiger partial charge in [-0.15, -0.1) is 0 Å². The van der Waals surface area contributed by atoms with Crippen LogP contribution in [0.5, 0.6) is 0 Å². The van der Waals surface area contributed by atoms with E-state index in [0.29, 0.717) is 5.92 Å². The maximum atomic E-state index is 11.3. The molecule has 2 aromatic carbocycles. The molecule has 2 nitrogen and oxygen atoms in total. The quantitative estimate of drug-likeness (QED) is 0.759. The highest BCUT2D eigenvalue weighted by atomic mass is 16.1. The molecular formula is C19H20O2. The van der Waals surface area contributed by atoms with Crippen molar-refractivity contribution in [3.8, 4) is 0 Å². The van der Waals surface area contributed by atoms with Gasteiger partial charge < -0.3 is 0 Å². The summed E-state index contributed by atoms with van der Waals surface area (Å²) in [5.41, 5.74) is 3.92. The molecule has 0 aliphatic rings. The van der Waals surface area contributed by atoms with Gasteiger partial charge in [-0.3, -0.25) is 9.59 Å². The number of Topliss-reactive ketones (excluding diaryl/α,β-unsaturated/α-hetero) is 2. The minimum atomic E-state index is 0.0917. The Morgan fingerprint density at radius 3 is 1.67 bits per heavy atom. The van der Waals surface area contributed by atoms with Crippen LogP contribution in [0, 0.1) is 0 Å². The standard InChI is InChI=1S/C19H20O2/c1-13(17-8-10-19(11-9-17)15(3)21)12-16-4-6-18(7-5-16)14(2)20/h4-11,13H,12H2,1-3H3/t13-/m0/s1. The van der Waals surface area contributed by atoms with Crippen LogP contribution in [-0.2, 0) is 6.42 Å². The first-order chi connectivity index (χ1) is 9.97. The van der Waals surface area contributed by atoms with E-state index in [1.165, 1.54) is 11.1 Å². The molecule has 0 N–H and O–H groups in total. The molecule has 0 aliphatic carbocycles.